The van der Waals surface area contributed by atoms with Gasteiger partial charge in [-0.25, -0.2) is 0 Å². The molecule has 0 saturated carbocycles. The second kappa shape index (κ2) is 10.7. The Labute approximate surface area is 184 Å². The number of morpholine rings is 1. The molecular weight excluding hydrogens is 392 g/mol. The van der Waals surface area contributed by atoms with E-state index in [1.807, 2.05) is 13.1 Å². The Kier molecular flexibility index (Phi) is 7.56. The number of aromatic nitrogens is 1. The molecule has 1 N–H and O–H groups in total. The highest BCUT2D eigenvalue weighted by atomic mass is 16.5. The van der Waals surface area contributed by atoms with Crippen molar-refractivity contribution in [2.24, 2.45) is 4.99 Å². The zero-order valence-electron chi connectivity index (χ0n) is 18.7. The molecule has 168 valence electrons. The molecule has 3 heterocycles. The Morgan fingerprint density at radius 2 is 1.94 bits per heavy atom. The molecule has 0 radical (unpaired) electrons. The van der Waals surface area contributed by atoms with E-state index in [9.17, 15) is 0 Å². The SMILES string of the molecule is CN=C(NCC(c1cccc(C)c1)N1CCOCC1)N1CCN(Cc2ccon2)CC1. The Hall–Kier alpha value is -2.42. The maximum Gasteiger partial charge on any atom is 0.193 e. The molecule has 2 aromatic rings. The van der Waals surface area contributed by atoms with Gasteiger partial charge in [0.05, 0.1) is 24.9 Å². The summed E-state index contributed by atoms with van der Waals surface area (Å²) in [6.07, 6.45) is 1.64. The van der Waals surface area contributed by atoms with Crippen LogP contribution in [0, 0.1) is 6.92 Å². The monoisotopic (exact) mass is 426 g/mol. The summed E-state index contributed by atoms with van der Waals surface area (Å²) in [5, 5.41) is 7.69. The fourth-order valence-corrected chi connectivity index (χ4v) is 4.41. The minimum absolute atomic E-state index is 0.300. The van der Waals surface area contributed by atoms with Crippen LogP contribution in [0.25, 0.3) is 0 Å². The van der Waals surface area contributed by atoms with Crippen LogP contribution < -0.4 is 5.32 Å². The zero-order valence-corrected chi connectivity index (χ0v) is 18.7. The third-order valence-electron chi connectivity index (χ3n) is 6.13. The van der Waals surface area contributed by atoms with E-state index in [4.69, 9.17) is 9.26 Å². The van der Waals surface area contributed by atoms with E-state index >= 15 is 0 Å². The van der Waals surface area contributed by atoms with Crippen molar-refractivity contribution in [2.75, 3.05) is 66.1 Å². The average Bonchev–Trinajstić information content (AvgIpc) is 3.31. The van der Waals surface area contributed by atoms with Crippen LogP contribution in [0.5, 0.6) is 0 Å². The first kappa shape index (κ1) is 21.8. The van der Waals surface area contributed by atoms with Crippen LogP contribution in [0.1, 0.15) is 22.9 Å². The average molecular weight is 427 g/mol. The van der Waals surface area contributed by atoms with Gasteiger partial charge in [0.2, 0.25) is 0 Å². The van der Waals surface area contributed by atoms with Gasteiger partial charge in [-0.15, -0.1) is 0 Å². The van der Waals surface area contributed by atoms with Gasteiger partial charge in [0.1, 0.15) is 6.26 Å². The molecule has 8 heteroatoms. The van der Waals surface area contributed by atoms with E-state index < -0.39 is 0 Å². The molecule has 0 spiro atoms. The molecule has 2 saturated heterocycles. The summed E-state index contributed by atoms with van der Waals surface area (Å²) in [5.74, 6) is 0.979. The summed E-state index contributed by atoms with van der Waals surface area (Å²) >= 11 is 0. The van der Waals surface area contributed by atoms with Gasteiger partial charge in [-0.1, -0.05) is 35.0 Å². The van der Waals surface area contributed by atoms with Crippen molar-refractivity contribution in [3.63, 3.8) is 0 Å². The second-order valence-corrected chi connectivity index (χ2v) is 8.26. The van der Waals surface area contributed by atoms with E-state index in [0.29, 0.717) is 6.04 Å². The summed E-state index contributed by atoms with van der Waals surface area (Å²) in [6.45, 7) is 11.2. The number of nitrogens with zero attached hydrogens (tertiary/aromatic N) is 5. The number of aryl methyl sites for hydroxylation is 1. The summed E-state index contributed by atoms with van der Waals surface area (Å²) in [4.78, 5) is 11.9. The predicted octanol–water partition coefficient (Wildman–Crippen LogP) is 1.75. The molecule has 1 aromatic carbocycles. The molecule has 2 aliphatic heterocycles. The lowest BCUT2D eigenvalue weighted by molar-refractivity contribution is 0.0168. The van der Waals surface area contributed by atoms with Crippen LogP contribution in [0.4, 0.5) is 0 Å². The largest absolute Gasteiger partial charge is 0.379 e. The van der Waals surface area contributed by atoms with Gasteiger partial charge in [-0.2, -0.15) is 0 Å². The van der Waals surface area contributed by atoms with Crippen molar-refractivity contribution in [1.29, 1.82) is 0 Å². The van der Waals surface area contributed by atoms with Crippen molar-refractivity contribution in [3.8, 4) is 0 Å². The van der Waals surface area contributed by atoms with Gasteiger partial charge in [-0.05, 0) is 12.5 Å². The lowest BCUT2D eigenvalue weighted by Gasteiger charge is -2.38. The number of piperazine rings is 1. The smallest absolute Gasteiger partial charge is 0.193 e. The van der Waals surface area contributed by atoms with Crippen molar-refractivity contribution >= 4 is 5.96 Å². The van der Waals surface area contributed by atoms with Gasteiger partial charge >= 0.3 is 0 Å². The van der Waals surface area contributed by atoms with Gasteiger partial charge in [0.25, 0.3) is 0 Å². The van der Waals surface area contributed by atoms with Crippen LogP contribution in [0.2, 0.25) is 0 Å². The number of benzene rings is 1. The van der Waals surface area contributed by atoms with E-state index in [1.54, 1.807) is 6.26 Å². The quantitative estimate of drug-likeness (QED) is 0.557. The maximum atomic E-state index is 5.59. The lowest BCUT2D eigenvalue weighted by Crippen LogP contribution is -2.53. The molecule has 1 unspecified atom stereocenters. The van der Waals surface area contributed by atoms with E-state index in [-0.39, 0.29) is 0 Å². The molecule has 8 nitrogen and oxygen atoms in total. The number of ether oxygens (including phenoxy) is 1. The summed E-state index contributed by atoms with van der Waals surface area (Å²) in [5.41, 5.74) is 3.63. The minimum Gasteiger partial charge on any atom is -0.379 e. The predicted molar refractivity (Wildman–Crippen MR) is 121 cm³/mol. The van der Waals surface area contributed by atoms with E-state index in [0.717, 1.165) is 77.2 Å². The Balaban J connectivity index is 1.35. The van der Waals surface area contributed by atoms with E-state index in [1.165, 1.54) is 11.1 Å². The van der Waals surface area contributed by atoms with E-state index in [2.05, 4.69) is 61.4 Å². The molecule has 31 heavy (non-hydrogen) atoms. The number of rotatable bonds is 6. The number of nitrogens with one attached hydrogen (secondary N) is 1. The highest BCUT2D eigenvalue weighted by molar-refractivity contribution is 5.80. The van der Waals surface area contributed by atoms with Gasteiger partial charge in [0.15, 0.2) is 5.96 Å². The molecular formula is C23H34N6O2. The molecule has 0 bridgehead atoms. The van der Waals surface area contributed by atoms with Gasteiger partial charge in [0, 0.05) is 65.5 Å². The van der Waals surface area contributed by atoms with Crippen molar-refractivity contribution in [2.45, 2.75) is 19.5 Å². The Morgan fingerprint density at radius 1 is 1.13 bits per heavy atom. The number of guanidine groups is 1. The Bertz CT molecular complexity index is 826. The standard InChI is InChI=1S/C23H34N6O2/c1-19-4-3-5-20(16-19)22(28-11-14-30-15-12-28)17-25-23(24-2)29-9-7-27(8-10-29)18-21-6-13-31-26-21/h3-6,13,16,22H,7-12,14-15,17-18H2,1-2H3,(H,24,25). The molecule has 1 aromatic heterocycles. The number of aliphatic imine (C=N–C) groups is 1. The summed E-state index contributed by atoms with van der Waals surface area (Å²) in [6, 6.07) is 11.1. The molecule has 0 amide bonds. The normalized spacial score (nSPS) is 20.1. The highest BCUT2D eigenvalue weighted by Gasteiger charge is 2.25. The summed E-state index contributed by atoms with van der Waals surface area (Å²) < 4.78 is 10.5. The van der Waals surface area contributed by atoms with Crippen molar-refractivity contribution in [3.05, 3.63) is 53.4 Å². The summed E-state index contributed by atoms with van der Waals surface area (Å²) in [7, 11) is 1.88. The van der Waals surface area contributed by atoms with Crippen LogP contribution in [-0.2, 0) is 11.3 Å². The minimum atomic E-state index is 0.300. The van der Waals surface area contributed by atoms with Crippen molar-refractivity contribution in [1.82, 2.24) is 25.2 Å². The first-order valence-corrected chi connectivity index (χ1v) is 11.2. The van der Waals surface area contributed by atoms with Crippen molar-refractivity contribution < 1.29 is 9.26 Å². The topological polar surface area (TPSA) is 69.4 Å². The third-order valence-corrected chi connectivity index (χ3v) is 6.13. The first-order chi connectivity index (χ1) is 15.2. The molecule has 1 atom stereocenters. The van der Waals surface area contributed by atoms with Crippen LogP contribution in [0.3, 0.4) is 0 Å². The number of hydrogen-bond acceptors (Lipinski definition) is 6. The zero-order chi connectivity index (χ0) is 21.5. The van der Waals surface area contributed by atoms with Crippen LogP contribution >= 0.6 is 0 Å². The molecule has 2 fully saturated rings. The Morgan fingerprint density at radius 3 is 2.61 bits per heavy atom. The fraction of sp³-hybridized carbons (Fsp3) is 0.565. The van der Waals surface area contributed by atoms with Gasteiger partial charge < -0.3 is 19.5 Å². The third kappa shape index (κ3) is 5.84. The lowest BCUT2D eigenvalue weighted by atomic mass is 10.0. The second-order valence-electron chi connectivity index (χ2n) is 8.26. The first-order valence-electron chi connectivity index (χ1n) is 11.2. The molecule has 4 rings (SSSR count). The van der Waals surface area contributed by atoms with Gasteiger partial charge in [-0.3, -0.25) is 14.8 Å². The number of hydrogen-bond donors (Lipinski definition) is 1. The molecule has 2 aliphatic rings. The van der Waals surface area contributed by atoms with Crippen LogP contribution in [-0.4, -0.2) is 91.9 Å². The maximum absolute atomic E-state index is 5.59. The molecule has 0 aliphatic carbocycles. The highest BCUT2D eigenvalue weighted by Crippen LogP contribution is 2.22. The van der Waals surface area contributed by atoms with Crippen LogP contribution in [0.15, 0.2) is 46.1 Å². The fourth-order valence-electron chi connectivity index (χ4n) is 4.41.